The lowest BCUT2D eigenvalue weighted by atomic mass is 10.1. The summed E-state index contributed by atoms with van der Waals surface area (Å²) in [4.78, 5) is 12.0. The Kier molecular flexibility index (Phi) is 6.17. The molecule has 1 aliphatic carbocycles. The Hall–Kier alpha value is -1.19. The van der Waals surface area contributed by atoms with E-state index < -0.39 is 41.8 Å². The van der Waals surface area contributed by atoms with Gasteiger partial charge in [-0.15, -0.1) is 6.42 Å². The van der Waals surface area contributed by atoms with Gasteiger partial charge in [0, 0.05) is 0 Å². The molecule has 8 heteroatoms. The Bertz CT molecular complexity index is 569. The fraction of sp³-hybridized carbons (Fsp3) is 0.533. The van der Waals surface area contributed by atoms with E-state index in [9.17, 15) is 22.4 Å². The maximum absolute atomic E-state index is 13.6. The molecular weight excluding hydrogens is 359 g/mol. The number of hydrogen-bond donors (Lipinski definition) is 0. The molecule has 1 aliphatic rings. The monoisotopic (exact) mass is 372 g/mol. The third kappa shape index (κ3) is 5.43. The highest BCUT2D eigenvalue weighted by atomic mass is 35.5. The van der Waals surface area contributed by atoms with Gasteiger partial charge in [0.2, 0.25) is 6.10 Å². The van der Waals surface area contributed by atoms with Gasteiger partial charge < -0.3 is 4.74 Å². The van der Waals surface area contributed by atoms with E-state index in [1.54, 1.807) is 13.8 Å². The van der Waals surface area contributed by atoms with Gasteiger partial charge in [-0.25, -0.2) is 4.39 Å². The minimum absolute atomic E-state index is 0.0249. The second-order valence-electron chi connectivity index (χ2n) is 5.67. The van der Waals surface area contributed by atoms with Gasteiger partial charge in [-0.05, 0) is 23.5 Å². The fourth-order valence-corrected chi connectivity index (χ4v) is 2.53. The van der Waals surface area contributed by atoms with Gasteiger partial charge in [-0.2, -0.15) is 13.2 Å². The van der Waals surface area contributed by atoms with Gasteiger partial charge in [0.1, 0.15) is 10.3 Å². The van der Waals surface area contributed by atoms with Crippen LogP contribution in [0.3, 0.4) is 0 Å². The molecule has 23 heavy (non-hydrogen) atoms. The Morgan fingerprint density at radius 3 is 2.43 bits per heavy atom. The normalized spacial score (nSPS) is 24.4. The van der Waals surface area contributed by atoms with Crippen LogP contribution in [0, 0.1) is 29.6 Å². The zero-order valence-electron chi connectivity index (χ0n) is 12.3. The maximum Gasteiger partial charge on any atom is 0.392 e. The lowest BCUT2D eigenvalue weighted by Gasteiger charge is -2.12. The number of terminal acetylenes is 1. The zero-order chi connectivity index (χ0) is 18.0. The van der Waals surface area contributed by atoms with Crippen LogP contribution >= 0.6 is 23.2 Å². The molecule has 0 aromatic rings. The molecule has 1 fully saturated rings. The van der Waals surface area contributed by atoms with Crippen LogP contribution in [-0.4, -0.2) is 18.2 Å². The fourth-order valence-electron chi connectivity index (χ4n) is 2.25. The summed E-state index contributed by atoms with van der Waals surface area (Å²) in [6.45, 7) is 3.50. The first-order valence-corrected chi connectivity index (χ1v) is 7.27. The van der Waals surface area contributed by atoms with Crippen molar-refractivity contribution in [1.82, 2.24) is 0 Å². The van der Waals surface area contributed by atoms with E-state index in [1.165, 1.54) is 6.08 Å². The van der Waals surface area contributed by atoms with Crippen molar-refractivity contribution in [3.8, 4) is 12.3 Å². The molecule has 0 spiro atoms. The Morgan fingerprint density at radius 1 is 1.43 bits per heavy atom. The summed E-state index contributed by atoms with van der Waals surface area (Å²) in [5.41, 5.74) is -0.516. The van der Waals surface area contributed by atoms with E-state index in [2.05, 4.69) is 0 Å². The molecule has 3 unspecified atom stereocenters. The highest BCUT2D eigenvalue weighted by Gasteiger charge is 2.62. The highest BCUT2D eigenvalue weighted by molar-refractivity contribution is 6.55. The van der Waals surface area contributed by atoms with Crippen LogP contribution in [0.1, 0.15) is 20.3 Å². The predicted molar refractivity (Wildman–Crippen MR) is 79.1 cm³/mol. The van der Waals surface area contributed by atoms with Crippen LogP contribution in [0.15, 0.2) is 22.5 Å². The third-order valence-corrected chi connectivity index (χ3v) is 3.89. The van der Waals surface area contributed by atoms with E-state index in [0.717, 1.165) is 0 Å². The Balaban J connectivity index is 2.76. The molecule has 0 bridgehead atoms. The summed E-state index contributed by atoms with van der Waals surface area (Å²) in [7, 11) is 0. The van der Waals surface area contributed by atoms with Crippen LogP contribution in [0.2, 0.25) is 0 Å². The number of carbonyl (C=O) groups excluding carboxylic acids is 1. The number of allylic oxidation sites excluding steroid dienone is 2. The first-order chi connectivity index (χ1) is 10.4. The smallest absolute Gasteiger partial charge is 0.392 e. The number of carbonyl (C=O) groups is 1. The van der Waals surface area contributed by atoms with Crippen molar-refractivity contribution in [1.29, 1.82) is 0 Å². The lowest BCUT2D eigenvalue weighted by Crippen LogP contribution is -2.20. The quantitative estimate of drug-likeness (QED) is 0.388. The summed E-state index contributed by atoms with van der Waals surface area (Å²) >= 11 is 11.1. The van der Waals surface area contributed by atoms with E-state index >= 15 is 0 Å². The number of hydrogen-bond acceptors (Lipinski definition) is 2. The van der Waals surface area contributed by atoms with Crippen molar-refractivity contribution in [3.63, 3.8) is 0 Å². The van der Waals surface area contributed by atoms with Crippen LogP contribution in [0.25, 0.3) is 0 Å². The van der Waals surface area contributed by atoms with Crippen LogP contribution in [-0.2, 0) is 9.53 Å². The number of ether oxygens (including phenoxy) is 1. The van der Waals surface area contributed by atoms with Crippen molar-refractivity contribution in [3.05, 3.63) is 22.5 Å². The number of esters is 1. The zero-order valence-corrected chi connectivity index (χ0v) is 13.8. The summed E-state index contributed by atoms with van der Waals surface area (Å²) < 4.78 is 54.6. The van der Waals surface area contributed by atoms with Crippen molar-refractivity contribution >= 4 is 29.2 Å². The molecule has 0 amide bonds. The van der Waals surface area contributed by atoms with E-state index in [4.69, 9.17) is 34.4 Å². The lowest BCUT2D eigenvalue weighted by molar-refractivity contribution is -0.148. The predicted octanol–water partition coefficient (Wildman–Crippen LogP) is 4.93. The molecule has 0 saturated heterocycles. The van der Waals surface area contributed by atoms with Gasteiger partial charge in [0.25, 0.3) is 0 Å². The number of rotatable bonds is 5. The van der Waals surface area contributed by atoms with Gasteiger partial charge in [0.15, 0.2) is 0 Å². The number of halogens is 6. The Labute approximate surface area is 141 Å². The molecule has 0 heterocycles. The second kappa shape index (κ2) is 7.14. The minimum atomic E-state index is -4.58. The van der Waals surface area contributed by atoms with E-state index in [1.807, 2.05) is 5.92 Å². The molecule has 0 aromatic carbocycles. The van der Waals surface area contributed by atoms with Gasteiger partial charge >= 0.3 is 12.1 Å². The largest absolute Gasteiger partial charge is 0.441 e. The van der Waals surface area contributed by atoms with Crippen molar-refractivity contribution in [2.24, 2.45) is 17.3 Å². The average Bonchev–Trinajstić information content (AvgIpc) is 2.92. The van der Waals surface area contributed by atoms with E-state index in [0.29, 0.717) is 0 Å². The first kappa shape index (κ1) is 19.9. The van der Waals surface area contributed by atoms with Crippen molar-refractivity contribution in [2.45, 2.75) is 32.5 Å². The van der Waals surface area contributed by atoms with E-state index in [-0.39, 0.29) is 16.5 Å². The molecule has 1 saturated carbocycles. The first-order valence-electron chi connectivity index (χ1n) is 6.52. The van der Waals surface area contributed by atoms with Gasteiger partial charge in [-0.1, -0.05) is 43.0 Å². The second-order valence-corrected chi connectivity index (χ2v) is 6.68. The third-order valence-electron chi connectivity index (χ3n) is 3.63. The van der Waals surface area contributed by atoms with Crippen LogP contribution in [0.5, 0.6) is 0 Å². The standard InChI is InChI=1S/C15H14Cl2F4O2/c1-4-10(9(18)5-6-15(19,20)21)23-13(22)12-8(7-11(16)17)14(12,2)3/h1,5,7-8,10,12H,6H2,2-3H3/b9-5-. The van der Waals surface area contributed by atoms with Crippen molar-refractivity contribution < 1.29 is 27.1 Å². The molecular formula is C15H14Cl2F4O2. The maximum atomic E-state index is 13.6. The van der Waals surface area contributed by atoms with Gasteiger partial charge in [-0.3, -0.25) is 4.79 Å². The highest BCUT2D eigenvalue weighted by Crippen LogP contribution is 2.60. The molecule has 3 atom stereocenters. The van der Waals surface area contributed by atoms with Crippen LogP contribution in [0.4, 0.5) is 17.6 Å². The molecule has 1 rings (SSSR count). The SMILES string of the molecule is C#CC(OC(=O)C1C(C=C(Cl)Cl)C1(C)C)/C(F)=C/CC(F)(F)F. The Morgan fingerprint density at radius 2 is 2.00 bits per heavy atom. The molecule has 0 radical (unpaired) electrons. The number of alkyl halides is 3. The average molecular weight is 373 g/mol. The summed E-state index contributed by atoms with van der Waals surface area (Å²) in [5.74, 6) is -1.31. The topological polar surface area (TPSA) is 26.3 Å². The minimum Gasteiger partial charge on any atom is -0.441 e. The molecule has 0 N–H and O–H groups in total. The van der Waals surface area contributed by atoms with Crippen molar-refractivity contribution in [2.75, 3.05) is 0 Å². The summed E-state index contributed by atoms with van der Waals surface area (Å²) in [6.07, 6.45) is -1.15. The van der Waals surface area contributed by atoms with Crippen LogP contribution < -0.4 is 0 Å². The molecule has 0 aliphatic heterocycles. The van der Waals surface area contributed by atoms with Gasteiger partial charge in [0.05, 0.1) is 12.3 Å². The summed E-state index contributed by atoms with van der Waals surface area (Å²) in [5, 5.41) is 0. The molecule has 128 valence electrons. The summed E-state index contributed by atoms with van der Waals surface area (Å²) in [6, 6.07) is 0. The molecule has 2 nitrogen and oxygen atoms in total. The molecule has 0 aromatic heterocycles.